The van der Waals surface area contributed by atoms with Gasteiger partial charge in [0.15, 0.2) is 0 Å². The van der Waals surface area contributed by atoms with Crippen molar-refractivity contribution in [3.05, 3.63) is 0 Å². The fourth-order valence-corrected chi connectivity index (χ4v) is 4.21. The Kier molecular flexibility index (Phi) is 3.02. The summed E-state index contributed by atoms with van der Waals surface area (Å²) in [6.07, 6.45) is 12.4. The van der Waals surface area contributed by atoms with Crippen LogP contribution in [0, 0.1) is 35.5 Å². The van der Waals surface area contributed by atoms with Crippen molar-refractivity contribution in [1.29, 1.82) is 0 Å². The Balaban J connectivity index is 1.42. The summed E-state index contributed by atoms with van der Waals surface area (Å²) in [4.78, 5) is 0. The van der Waals surface area contributed by atoms with E-state index in [1.165, 1.54) is 12.8 Å². The zero-order valence-electron chi connectivity index (χ0n) is 11.1. The average molecular weight is 220 g/mol. The van der Waals surface area contributed by atoms with Gasteiger partial charge in [-0.3, -0.25) is 0 Å². The van der Waals surface area contributed by atoms with Crippen molar-refractivity contribution < 1.29 is 0 Å². The molecule has 3 fully saturated rings. The van der Waals surface area contributed by atoms with Crippen LogP contribution in [0.3, 0.4) is 0 Å². The molecule has 0 spiro atoms. The van der Waals surface area contributed by atoms with Gasteiger partial charge in [-0.05, 0) is 74.0 Å². The molecule has 0 radical (unpaired) electrons. The molecule has 0 saturated heterocycles. The van der Waals surface area contributed by atoms with Crippen LogP contribution >= 0.6 is 0 Å². The molecule has 0 aromatic rings. The van der Waals surface area contributed by atoms with Crippen LogP contribution in [0.4, 0.5) is 0 Å². The first-order chi connectivity index (χ1) is 7.74. The molecule has 92 valence electrons. The zero-order valence-corrected chi connectivity index (χ0v) is 11.1. The highest BCUT2D eigenvalue weighted by Crippen LogP contribution is 2.50. The van der Waals surface area contributed by atoms with E-state index in [-0.39, 0.29) is 0 Å². The van der Waals surface area contributed by atoms with Gasteiger partial charge in [0, 0.05) is 0 Å². The third-order valence-electron chi connectivity index (χ3n) is 6.38. The van der Waals surface area contributed by atoms with E-state index in [9.17, 15) is 0 Å². The molecular formula is C16H28. The maximum atomic E-state index is 2.47. The van der Waals surface area contributed by atoms with Crippen molar-refractivity contribution in [3.63, 3.8) is 0 Å². The zero-order chi connectivity index (χ0) is 11.1. The Morgan fingerprint density at radius 3 is 1.12 bits per heavy atom. The summed E-state index contributed by atoms with van der Waals surface area (Å²) in [6.45, 7) is 4.94. The molecule has 0 nitrogen and oxygen atoms in total. The molecule has 0 heteroatoms. The molecule has 0 N–H and O–H groups in total. The third-order valence-corrected chi connectivity index (χ3v) is 6.38. The SMILES string of the molecule is CC1CCC1CC1CCC1CC1CCC1C. The van der Waals surface area contributed by atoms with Gasteiger partial charge in [-0.15, -0.1) is 0 Å². The molecule has 6 atom stereocenters. The second-order valence-electron chi connectivity index (χ2n) is 7.20. The van der Waals surface area contributed by atoms with E-state index in [1.54, 1.807) is 38.5 Å². The molecule has 0 amide bonds. The van der Waals surface area contributed by atoms with E-state index in [0.29, 0.717) is 0 Å². The molecule has 0 bridgehead atoms. The first-order valence-electron chi connectivity index (χ1n) is 7.74. The molecule has 6 unspecified atom stereocenters. The van der Waals surface area contributed by atoms with Crippen LogP contribution in [-0.2, 0) is 0 Å². The molecule has 3 aliphatic rings. The second-order valence-corrected chi connectivity index (χ2v) is 7.20. The van der Waals surface area contributed by atoms with E-state index < -0.39 is 0 Å². The Hall–Kier alpha value is 0. The Labute approximate surface area is 101 Å². The van der Waals surface area contributed by atoms with Crippen LogP contribution < -0.4 is 0 Å². The summed E-state index contributed by atoms with van der Waals surface area (Å²) in [7, 11) is 0. The van der Waals surface area contributed by atoms with E-state index in [4.69, 9.17) is 0 Å². The predicted molar refractivity (Wildman–Crippen MR) is 69.2 cm³/mol. The van der Waals surface area contributed by atoms with Crippen LogP contribution in [0.25, 0.3) is 0 Å². The molecular weight excluding hydrogens is 192 g/mol. The van der Waals surface area contributed by atoms with Gasteiger partial charge in [-0.1, -0.05) is 26.7 Å². The van der Waals surface area contributed by atoms with E-state index >= 15 is 0 Å². The van der Waals surface area contributed by atoms with Crippen LogP contribution in [0.5, 0.6) is 0 Å². The fraction of sp³-hybridized carbons (Fsp3) is 1.00. The van der Waals surface area contributed by atoms with Gasteiger partial charge in [-0.25, -0.2) is 0 Å². The normalized spacial score (nSPS) is 51.4. The van der Waals surface area contributed by atoms with E-state index in [2.05, 4.69) is 13.8 Å². The fourth-order valence-electron chi connectivity index (χ4n) is 4.21. The van der Waals surface area contributed by atoms with Gasteiger partial charge in [0.25, 0.3) is 0 Å². The molecule has 3 aliphatic carbocycles. The minimum Gasteiger partial charge on any atom is -0.0622 e. The van der Waals surface area contributed by atoms with Crippen LogP contribution in [0.2, 0.25) is 0 Å². The van der Waals surface area contributed by atoms with E-state index in [1.807, 2.05) is 0 Å². The Bertz CT molecular complexity index is 218. The largest absolute Gasteiger partial charge is 0.0622 e. The van der Waals surface area contributed by atoms with Crippen molar-refractivity contribution in [3.8, 4) is 0 Å². The van der Waals surface area contributed by atoms with Crippen molar-refractivity contribution in [2.45, 2.75) is 65.2 Å². The summed E-state index contributed by atoms with van der Waals surface area (Å²) in [6, 6.07) is 0. The summed E-state index contributed by atoms with van der Waals surface area (Å²) < 4.78 is 0. The molecule has 3 saturated carbocycles. The molecule has 3 rings (SSSR count). The Morgan fingerprint density at radius 2 is 0.938 bits per heavy atom. The molecule has 0 aliphatic heterocycles. The van der Waals surface area contributed by atoms with E-state index in [0.717, 1.165) is 35.5 Å². The highest BCUT2D eigenvalue weighted by Gasteiger charge is 2.39. The Morgan fingerprint density at radius 1 is 0.562 bits per heavy atom. The minimum absolute atomic E-state index is 1.06. The summed E-state index contributed by atoms with van der Waals surface area (Å²) in [5.41, 5.74) is 0. The average Bonchev–Trinajstić information content (AvgIpc) is 2.24. The maximum absolute atomic E-state index is 2.47. The van der Waals surface area contributed by atoms with Gasteiger partial charge in [0.05, 0.1) is 0 Å². The lowest BCUT2D eigenvalue weighted by atomic mass is 9.59. The van der Waals surface area contributed by atoms with Gasteiger partial charge >= 0.3 is 0 Å². The second kappa shape index (κ2) is 4.35. The van der Waals surface area contributed by atoms with Crippen LogP contribution in [-0.4, -0.2) is 0 Å². The third kappa shape index (κ3) is 1.93. The van der Waals surface area contributed by atoms with Crippen molar-refractivity contribution in [2.24, 2.45) is 35.5 Å². The number of hydrogen-bond donors (Lipinski definition) is 0. The maximum Gasteiger partial charge on any atom is -0.0383 e. The van der Waals surface area contributed by atoms with Gasteiger partial charge in [0.2, 0.25) is 0 Å². The number of hydrogen-bond acceptors (Lipinski definition) is 0. The summed E-state index contributed by atoms with van der Waals surface area (Å²) in [5, 5.41) is 0. The molecule has 0 aromatic carbocycles. The minimum atomic E-state index is 1.06. The van der Waals surface area contributed by atoms with Crippen LogP contribution in [0.15, 0.2) is 0 Å². The lowest BCUT2D eigenvalue weighted by Gasteiger charge is -2.47. The highest BCUT2D eigenvalue weighted by molar-refractivity contribution is 4.90. The predicted octanol–water partition coefficient (Wildman–Crippen LogP) is 4.89. The standard InChI is InChI=1S/C16H28/c1-11-3-5-13(11)9-15-7-8-16(15)10-14-6-4-12(14)2/h11-16H,3-10H2,1-2H3. The lowest BCUT2D eigenvalue weighted by Crippen LogP contribution is -2.36. The van der Waals surface area contributed by atoms with Gasteiger partial charge in [0.1, 0.15) is 0 Å². The lowest BCUT2D eigenvalue weighted by molar-refractivity contribution is 0.0418. The van der Waals surface area contributed by atoms with Crippen molar-refractivity contribution in [1.82, 2.24) is 0 Å². The first kappa shape index (κ1) is 11.1. The molecule has 0 heterocycles. The van der Waals surface area contributed by atoms with Gasteiger partial charge < -0.3 is 0 Å². The monoisotopic (exact) mass is 220 g/mol. The quantitative estimate of drug-likeness (QED) is 0.633. The van der Waals surface area contributed by atoms with Crippen molar-refractivity contribution >= 4 is 0 Å². The molecule has 16 heavy (non-hydrogen) atoms. The summed E-state index contributed by atoms with van der Waals surface area (Å²) >= 11 is 0. The first-order valence-corrected chi connectivity index (χ1v) is 7.74. The number of rotatable bonds is 4. The summed E-state index contributed by atoms with van der Waals surface area (Å²) in [5.74, 6) is 6.63. The highest BCUT2D eigenvalue weighted by atomic mass is 14.4. The molecule has 0 aromatic heterocycles. The van der Waals surface area contributed by atoms with Crippen LogP contribution in [0.1, 0.15) is 65.2 Å². The topological polar surface area (TPSA) is 0 Å². The van der Waals surface area contributed by atoms with Crippen molar-refractivity contribution in [2.75, 3.05) is 0 Å². The smallest absolute Gasteiger partial charge is 0.0383 e. The van der Waals surface area contributed by atoms with Gasteiger partial charge in [-0.2, -0.15) is 0 Å².